The molecule has 1 aliphatic heterocycles. The van der Waals surface area contributed by atoms with Crippen molar-refractivity contribution >= 4 is 28.6 Å². The van der Waals surface area contributed by atoms with E-state index in [1.165, 1.54) is 10.4 Å². The Balaban J connectivity index is 1.86. The van der Waals surface area contributed by atoms with E-state index in [1.54, 1.807) is 25.1 Å². The third-order valence-corrected chi connectivity index (χ3v) is 4.85. The van der Waals surface area contributed by atoms with Crippen molar-refractivity contribution in [2.24, 2.45) is 0 Å². The summed E-state index contributed by atoms with van der Waals surface area (Å²) in [6.45, 7) is 1.86. The second-order valence-corrected chi connectivity index (χ2v) is 6.51. The van der Waals surface area contributed by atoms with E-state index in [0.717, 1.165) is 25.2 Å². The van der Waals surface area contributed by atoms with Gasteiger partial charge in [-0.05, 0) is 41.6 Å². The first kappa shape index (κ1) is 13.9. The Kier molecular flexibility index (Phi) is 3.59. The molecule has 4 nitrogen and oxygen atoms in total. The molecule has 0 spiro atoms. The summed E-state index contributed by atoms with van der Waals surface area (Å²) in [5.41, 5.74) is 9.88. The molecule has 2 aromatic rings. The van der Waals surface area contributed by atoms with Gasteiger partial charge >= 0.3 is 0 Å². The van der Waals surface area contributed by atoms with Gasteiger partial charge < -0.3 is 15.5 Å². The Morgan fingerprint density at radius 1 is 1.33 bits per heavy atom. The molecule has 1 aromatic carbocycles. The molecule has 0 saturated carbocycles. The molecular formula is C16H19N3OS. The predicted octanol–water partition coefficient (Wildman–Crippen LogP) is 2.59. The fraction of sp³-hybridized carbons (Fsp3) is 0.312. The minimum absolute atomic E-state index is 0.0213. The molecule has 0 radical (unpaired) electrons. The van der Waals surface area contributed by atoms with Crippen LogP contribution in [-0.2, 0) is 13.0 Å². The summed E-state index contributed by atoms with van der Waals surface area (Å²) < 4.78 is 0. The van der Waals surface area contributed by atoms with Crippen LogP contribution in [-0.4, -0.2) is 31.4 Å². The molecule has 1 aliphatic rings. The van der Waals surface area contributed by atoms with Gasteiger partial charge in [0, 0.05) is 37.6 Å². The fourth-order valence-corrected chi connectivity index (χ4v) is 3.58. The van der Waals surface area contributed by atoms with Crippen molar-refractivity contribution in [2.45, 2.75) is 13.0 Å². The van der Waals surface area contributed by atoms with Gasteiger partial charge in [0.2, 0.25) is 0 Å². The third kappa shape index (κ3) is 2.61. The van der Waals surface area contributed by atoms with E-state index >= 15 is 0 Å². The van der Waals surface area contributed by atoms with Gasteiger partial charge in [-0.15, -0.1) is 11.3 Å². The number of carbonyl (C=O) groups excluding carboxylic acids is 1. The number of thiophene rings is 1. The highest BCUT2D eigenvalue weighted by atomic mass is 32.1. The van der Waals surface area contributed by atoms with Crippen LogP contribution in [0, 0.1) is 0 Å². The molecular weight excluding hydrogens is 282 g/mol. The standard InChI is InChI=1S/C16H19N3OS/c1-18(2)16(20)11-3-4-14(13(17)9-11)19-7-5-15-12(10-19)6-8-21-15/h3-4,6,8-9H,5,7,10,17H2,1-2H3. The third-order valence-electron chi connectivity index (χ3n) is 3.83. The average molecular weight is 301 g/mol. The van der Waals surface area contributed by atoms with Gasteiger partial charge in [0.05, 0.1) is 11.4 Å². The van der Waals surface area contributed by atoms with Crippen LogP contribution in [0.25, 0.3) is 0 Å². The first-order valence-corrected chi connectivity index (χ1v) is 7.85. The number of rotatable bonds is 2. The number of carbonyl (C=O) groups is 1. The van der Waals surface area contributed by atoms with Crippen LogP contribution in [0.2, 0.25) is 0 Å². The molecule has 0 saturated heterocycles. The van der Waals surface area contributed by atoms with Crippen LogP contribution in [0.5, 0.6) is 0 Å². The lowest BCUT2D eigenvalue weighted by Crippen LogP contribution is -2.30. The highest BCUT2D eigenvalue weighted by molar-refractivity contribution is 7.10. The van der Waals surface area contributed by atoms with Crippen molar-refractivity contribution in [3.8, 4) is 0 Å². The van der Waals surface area contributed by atoms with Gasteiger partial charge in [-0.3, -0.25) is 4.79 Å². The van der Waals surface area contributed by atoms with E-state index < -0.39 is 0 Å². The number of amides is 1. The number of hydrogen-bond acceptors (Lipinski definition) is 4. The van der Waals surface area contributed by atoms with E-state index in [1.807, 2.05) is 23.5 Å². The number of hydrogen-bond donors (Lipinski definition) is 1. The molecule has 1 amide bonds. The zero-order chi connectivity index (χ0) is 15.0. The molecule has 3 rings (SSSR count). The van der Waals surface area contributed by atoms with Crippen molar-refractivity contribution in [1.29, 1.82) is 0 Å². The van der Waals surface area contributed by atoms with Crippen LogP contribution < -0.4 is 10.6 Å². The van der Waals surface area contributed by atoms with Crippen molar-refractivity contribution in [3.63, 3.8) is 0 Å². The Morgan fingerprint density at radius 2 is 2.14 bits per heavy atom. The molecule has 0 fully saturated rings. The number of benzene rings is 1. The quantitative estimate of drug-likeness (QED) is 0.867. The monoisotopic (exact) mass is 301 g/mol. The van der Waals surface area contributed by atoms with Crippen molar-refractivity contribution in [1.82, 2.24) is 4.90 Å². The number of fused-ring (bicyclic) bond motifs is 1. The largest absolute Gasteiger partial charge is 0.397 e. The summed E-state index contributed by atoms with van der Waals surface area (Å²) >= 11 is 1.83. The molecule has 2 N–H and O–H groups in total. The lowest BCUT2D eigenvalue weighted by atomic mass is 10.1. The van der Waals surface area contributed by atoms with Crippen LogP contribution in [0.4, 0.5) is 11.4 Å². The maximum absolute atomic E-state index is 12.0. The van der Waals surface area contributed by atoms with E-state index in [9.17, 15) is 4.79 Å². The van der Waals surface area contributed by atoms with Crippen molar-refractivity contribution in [2.75, 3.05) is 31.3 Å². The van der Waals surface area contributed by atoms with Gasteiger partial charge in [-0.25, -0.2) is 0 Å². The van der Waals surface area contributed by atoms with Gasteiger partial charge in [-0.2, -0.15) is 0 Å². The smallest absolute Gasteiger partial charge is 0.253 e. The lowest BCUT2D eigenvalue weighted by Gasteiger charge is -2.30. The van der Waals surface area contributed by atoms with Crippen LogP contribution in [0.3, 0.4) is 0 Å². The number of nitrogens with zero attached hydrogens (tertiary/aromatic N) is 2. The Morgan fingerprint density at radius 3 is 2.86 bits per heavy atom. The molecule has 21 heavy (non-hydrogen) atoms. The van der Waals surface area contributed by atoms with Crippen LogP contribution >= 0.6 is 11.3 Å². The number of nitrogens with two attached hydrogens (primary N) is 1. The zero-order valence-corrected chi connectivity index (χ0v) is 13.1. The predicted molar refractivity (Wildman–Crippen MR) is 87.9 cm³/mol. The summed E-state index contributed by atoms with van der Waals surface area (Å²) in [6, 6.07) is 7.79. The second kappa shape index (κ2) is 5.41. The first-order valence-electron chi connectivity index (χ1n) is 6.97. The van der Waals surface area contributed by atoms with E-state index in [0.29, 0.717) is 11.3 Å². The summed E-state index contributed by atoms with van der Waals surface area (Å²) in [7, 11) is 3.49. The van der Waals surface area contributed by atoms with Crippen LogP contribution in [0.15, 0.2) is 29.6 Å². The Hall–Kier alpha value is -2.01. The topological polar surface area (TPSA) is 49.6 Å². The lowest BCUT2D eigenvalue weighted by molar-refractivity contribution is 0.0827. The maximum Gasteiger partial charge on any atom is 0.253 e. The Bertz CT molecular complexity index is 678. The highest BCUT2D eigenvalue weighted by Crippen LogP contribution is 2.31. The average Bonchev–Trinajstić information content (AvgIpc) is 2.93. The molecule has 1 aromatic heterocycles. The van der Waals surface area contributed by atoms with Crippen LogP contribution in [0.1, 0.15) is 20.8 Å². The summed E-state index contributed by atoms with van der Waals surface area (Å²) in [5.74, 6) is -0.0213. The summed E-state index contributed by atoms with van der Waals surface area (Å²) in [5, 5.41) is 2.15. The van der Waals surface area contributed by atoms with Gasteiger partial charge in [0.1, 0.15) is 0 Å². The zero-order valence-electron chi connectivity index (χ0n) is 12.3. The molecule has 110 valence electrons. The van der Waals surface area contributed by atoms with Gasteiger partial charge in [0.15, 0.2) is 0 Å². The first-order chi connectivity index (χ1) is 10.1. The minimum Gasteiger partial charge on any atom is -0.397 e. The highest BCUT2D eigenvalue weighted by Gasteiger charge is 2.20. The van der Waals surface area contributed by atoms with E-state index in [-0.39, 0.29) is 5.91 Å². The second-order valence-electron chi connectivity index (χ2n) is 5.51. The molecule has 0 bridgehead atoms. The summed E-state index contributed by atoms with van der Waals surface area (Å²) in [6.07, 6.45) is 1.06. The Labute approximate surface area is 128 Å². The SMILES string of the molecule is CN(C)C(=O)c1ccc(N2CCc3sccc3C2)c(N)c1. The fourth-order valence-electron chi connectivity index (χ4n) is 2.69. The van der Waals surface area contributed by atoms with Gasteiger partial charge in [0.25, 0.3) is 5.91 Å². The normalized spacial score (nSPS) is 13.9. The molecule has 0 atom stereocenters. The minimum atomic E-state index is -0.0213. The van der Waals surface area contributed by atoms with Crippen molar-refractivity contribution in [3.05, 3.63) is 45.6 Å². The van der Waals surface area contributed by atoms with Crippen molar-refractivity contribution < 1.29 is 4.79 Å². The van der Waals surface area contributed by atoms with E-state index in [4.69, 9.17) is 5.73 Å². The molecule has 2 heterocycles. The van der Waals surface area contributed by atoms with E-state index in [2.05, 4.69) is 16.3 Å². The molecule has 0 aliphatic carbocycles. The maximum atomic E-state index is 12.0. The number of nitrogen functional groups attached to an aromatic ring is 1. The number of anilines is 2. The van der Waals surface area contributed by atoms with Gasteiger partial charge in [-0.1, -0.05) is 0 Å². The summed E-state index contributed by atoms with van der Waals surface area (Å²) in [4.78, 5) is 17.3. The molecule has 0 unspecified atom stereocenters. The molecule has 5 heteroatoms.